The van der Waals surface area contributed by atoms with Gasteiger partial charge in [0.2, 0.25) is 5.91 Å². The van der Waals surface area contributed by atoms with Gasteiger partial charge in [-0.3, -0.25) is 9.59 Å². The van der Waals surface area contributed by atoms with Crippen molar-refractivity contribution in [2.24, 2.45) is 11.8 Å². The first kappa shape index (κ1) is 18.5. The molecule has 1 aromatic carbocycles. The Kier molecular flexibility index (Phi) is 6.37. The van der Waals surface area contributed by atoms with Crippen LogP contribution in [0.2, 0.25) is 0 Å². The van der Waals surface area contributed by atoms with Gasteiger partial charge < -0.3 is 15.3 Å². The molecule has 0 bridgehead atoms. The molecule has 1 aromatic rings. The monoisotopic (exact) mass is 332 g/mol. The number of nitrogens with zero attached hydrogens (tertiary/aromatic N) is 1. The van der Waals surface area contributed by atoms with Crippen LogP contribution in [0.1, 0.15) is 42.6 Å². The second-order valence-corrected chi connectivity index (χ2v) is 6.91. The Morgan fingerprint density at radius 3 is 2.58 bits per heavy atom. The minimum absolute atomic E-state index is 0.00993. The SMILES string of the molecule is Cc1ccc(C(=O)N2CCCC(C(=O)NC(C)C(C)CO)C2)cc1. The topological polar surface area (TPSA) is 69.6 Å². The highest BCUT2D eigenvalue weighted by atomic mass is 16.3. The summed E-state index contributed by atoms with van der Waals surface area (Å²) in [6.07, 6.45) is 1.63. The Labute approximate surface area is 144 Å². The first-order valence-electron chi connectivity index (χ1n) is 8.69. The Morgan fingerprint density at radius 1 is 1.29 bits per heavy atom. The zero-order valence-electron chi connectivity index (χ0n) is 14.8. The van der Waals surface area contributed by atoms with E-state index in [1.54, 1.807) is 4.90 Å². The van der Waals surface area contributed by atoms with E-state index in [1.807, 2.05) is 45.0 Å². The normalized spacial score (nSPS) is 20.3. The molecular weight excluding hydrogens is 304 g/mol. The summed E-state index contributed by atoms with van der Waals surface area (Å²) >= 11 is 0. The lowest BCUT2D eigenvalue weighted by atomic mass is 9.95. The lowest BCUT2D eigenvalue weighted by Gasteiger charge is -2.33. The summed E-state index contributed by atoms with van der Waals surface area (Å²) in [5.74, 6) is -0.196. The van der Waals surface area contributed by atoms with E-state index in [0.29, 0.717) is 18.7 Å². The highest BCUT2D eigenvalue weighted by Gasteiger charge is 2.30. The van der Waals surface area contributed by atoms with E-state index < -0.39 is 0 Å². The van der Waals surface area contributed by atoms with Crippen molar-refractivity contribution in [1.82, 2.24) is 10.2 Å². The number of nitrogens with one attached hydrogen (secondary N) is 1. The van der Waals surface area contributed by atoms with Gasteiger partial charge >= 0.3 is 0 Å². The maximum atomic E-state index is 12.6. The van der Waals surface area contributed by atoms with Crippen LogP contribution in [0.4, 0.5) is 0 Å². The molecule has 1 fully saturated rings. The molecule has 5 nitrogen and oxygen atoms in total. The van der Waals surface area contributed by atoms with Gasteiger partial charge in [0.25, 0.3) is 5.91 Å². The highest BCUT2D eigenvalue weighted by Crippen LogP contribution is 2.19. The number of benzene rings is 1. The number of hydrogen-bond acceptors (Lipinski definition) is 3. The molecule has 0 radical (unpaired) electrons. The number of piperidine rings is 1. The summed E-state index contributed by atoms with van der Waals surface area (Å²) in [7, 11) is 0. The second kappa shape index (κ2) is 8.29. The summed E-state index contributed by atoms with van der Waals surface area (Å²) in [5.41, 5.74) is 1.79. The Bertz CT molecular complexity index is 570. The molecular formula is C19H28N2O3. The van der Waals surface area contributed by atoms with E-state index >= 15 is 0 Å². The number of hydrogen-bond donors (Lipinski definition) is 2. The van der Waals surface area contributed by atoms with E-state index in [9.17, 15) is 14.7 Å². The van der Waals surface area contributed by atoms with Gasteiger partial charge in [-0.1, -0.05) is 24.6 Å². The molecule has 1 aliphatic heterocycles. The predicted octanol–water partition coefficient (Wildman–Crippen LogP) is 1.98. The van der Waals surface area contributed by atoms with Crippen molar-refractivity contribution in [2.45, 2.75) is 39.7 Å². The molecule has 0 spiro atoms. The third kappa shape index (κ3) is 4.57. The van der Waals surface area contributed by atoms with Gasteiger partial charge in [0.15, 0.2) is 0 Å². The van der Waals surface area contributed by atoms with Crippen LogP contribution >= 0.6 is 0 Å². The smallest absolute Gasteiger partial charge is 0.253 e. The molecule has 132 valence electrons. The van der Waals surface area contributed by atoms with Gasteiger partial charge in [0, 0.05) is 31.3 Å². The van der Waals surface area contributed by atoms with E-state index in [0.717, 1.165) is 18.4 Å². The van der Waals surface area contributed by atoms with E-state index in [2.05, 4.69) is 5.32 Å². The minimum atomic E-state index is -0.179. The Balaban J connectivity index is 1.97. The second-order valence-electron chi connectivity index (χ2n) is 6.91. The Morgan fingerprint density at radius 2 is 1.96 bits per heavy atom. The number of rotatable bonds is 5. The number of aliphatic hydroxyl groups excluding tert-OH is 1. The summed E-state index contributed by atoms with van der Waals surface area (Å²) < 4.78 is 0. The molecule has 1 heterocycles. The van der Waals surface area contributed by atoms with Gasteiger partial charge in [-0.25, -0.2) is 0 Å². The fourth-order valence-electron chi connectivity index (χ4n) is 2.90. The average Bonchev–Trinajstić information content (AvgIpc) is 2.61. The van der Waals surface area contributed by atoms with Gasteiger partial charge in [-0.15, -0.1) is 0 Å². The molecule has 5 heteroatoms. The minimum Gasteiger partial charge on any atom is -0.396 e. The molecule has 2 rings (SSSR count). The highest BCUT2D eigenvalue weighted by molar-refractivity contribution is 5.94. The Hall–Kier alpha value is -1.88. The number of aliphatic hydroxyl groups is 1. The fraction of sp³-hybridized carbons (Fsp3) is 0.579. The molecule has 1 aliphatic rings. The molecule has 0 saturated carbocycles. The van der Waals surface area contributed by atoms with Crippen molar-refractivity contribution < 1.29 is 14.7 Å². The summed E-state index contributed by atoms with van der Waals surface area (Å²) in [5, 5.41) is 12.2. The molecule has 3 atom stereocenters. The third-order valence-electron chi connectivity index (χ3n) is 4.89. The first-order chi connectivity index (χ1) is 11.4. The number of aryl methyl sites for hydroxylation is 1. The van der Waals surface area contributed by atoms with Crippen molar-refractivity contribution in [3.05, 3.63) is 35.4 Å². The zero-order chi connectivity index (χ0) is 17.7. The van der Waals surface area contributed by atoms with Crippen LogP contribution in [-0.4, -0.2) is 47.6 Å². The predicted molar refractivity (Wildman–Crippen MR) is 93.7 cm³/mol. The van der Waals surface area contributed by atoms with Crippen molar-refractivity contribution >= 4 is 11.8 Å². The number of carbonyl (C=O) groups is 2. The summed E-state index contributed by atoms with van der Waals surface area (Å²) in [4.78, 5) is 26.8. The van der Waals surface area contributed by atoms with E-state index in [4.69, 9.17) is 0 Å². The van der Waals surface area contributed by atoms with Crippen molar-refractivity contribution in [2.75, 3.05) is 19.7 Å². The van der Waals surface area contributed by atoms with Crippen LogP contribution in [0.5, 0.6) is 0 Å². The van der Waals surface area contributed by atoms with Crippen LogP contribution < -0.4 is 5.32 Å². The van der Waals surface area contributed by atoms with Gasteiger partial charge in [-0.2, -0.15) is 0 Å². The summed E-state index contributed by atoms with van der Waals surface area (Å²) in [6, 6.07) is 7.46. The van der Waals surface area contributed by atoms with E-state index in [1.165, 1.54) is 0 Å². The lowest BCUT2D eigenvalue weighted by molar-refractivity contribution is -0.127. The molecule has 0 aromatic heterocycles. The third-order valence-corrected chi connectivity index (χ3v) is 4.89. The maximum Gasteiger partial charge on any atom is 0.253 e. The van der Waals surface area contributed by atoms with Crippen LogP contribution in [0.15, 0.2) is 24.3 Å². The fourth-order valence-corrected chi connectivity index (χ4v) is 2.90. The average molecular weight is 332 g/mol. The zero-order valence-corrected chi connectivity index (χ0v) is 14.8. The first-order valence-corrected chi connectivity index (χ1v) is 8.69. The quantitative estimate of drug-likeness (QED) is 0.866. The molecule has 24 heavy (non-hydrogen) atoms. The van der Waals surface area contributed by atoms with Crippen LogP contribution in [0, 0.1) is 18.8 Å². The lowest BCUT2D eigenvalue weighted by Crippen LogP contribution is -2.48. The van der Waals surface area contributed by atoms with Gasteiger partial charge in [0.1, 0.15) is 0 Å². The largest absolute Gasteiger partial charge is 0.396 e. The summed E-state index contributed by atoms with van der Waals surface area (Å²) in [6.45, 7) is 6.99. The van der Waals surface area contributed by atoms with Crippen LogP contribution in [0.25, 0.3) is 0 Å². The van der Waals surface area contributed by atoms with E-state index in [-0.39, 0.29) is 36.3 Å². The molecule has 1 saturated heterocycles. The molecule has 3 unspecified atom stereocenters. The molecule has 2 amide bonds. The van der Waals surface area contributed by atoms with Crippen LogP contribution in [0.3, 0.4) is 0 Å². The number of carbonyl (C=O) groups excluding carboxylic acids is 2. The maximum absolute atomic E-state index is 12.6. The van der Waals surface area contributed by atoms with Crippen molar-refractivity contribution in [1.29, 1.82) is 0 Å². The van der Waals surface area contributed by atoms with Crippen molar-refractivity contribution in [3.8, 4) is 0 Å². The van der Waals surface area contributed by atoms with Gasteiger partial charge in [0.05, 0.1) is 5.92 Å². The number of likely N-dealkylation sites (tertiary alicyclic amines) is 1. The van der Waals surface area contributed by atoms with Crippen molar-refractivity contribution in [3.63, 3.8) is 0 Å². The van der Waals surface area contributed by atoms with Gasteiger partial charge in [-0.05, 0) is 44.7 Å². The standard InChI is InChI=1S/C19H28N2O3/c1-13-6-8-16(9-7-13)19(24)21-10-4-5-17(11-21)18(23)20-15(3)14(2)12-22/h6-9,14-15,17,22H,4-5,10-12H2,1-3H3,(H,20,23). The molecule has 2 N–H and O–H groups in total. The molecule has 0 aliphatic carbocycles. The number of amides is 2. The van der Waals surface area contributed by atoms with Crippen LogP contribution in [-0.2, 0) is 4.79 Å².